The number of hydrogen-bond acceptors (Lipinski definition) is 2. The lowest BCUT2D eigenvalue weighted by molar-refractivity contribution is -0.0137. The lowest BCUT2D eigenvalue weighted by atomic mass is 9.87. The fourth-order valence-corrected chi connectivity index (χ4v) is 3.22. The van der Waals surface area contributed by atoms with Gasteiger partial charge in [0.2, 0.25) is 0 Å². The number of aliphatic hydroxyl groups is 1. The topological polar surface area (TPSA) is 29.5 Å². The Morgan fingerprint density at radius 1 is 1.30 bits per heavy atom. The van der Waals surface area contributed by atoms with E-state index in [0.29, 0.717) is 5.92 Å². The number of rotatable bonds is 7. The van der Waals surface area contributed by atoms with Gasteiger partial charge in [-0.1, -0.05) is 57.4 Å². The molecule has 0 saturated carbocycles. The van der Waals surface area contributed by atoms with Crippen LogP contribution in [0, 0.1) is 5.92 Å². The molecule has 1 aliphatic rings. The van der Waals surface area contributed by atoms with Crippen LogP contribution in [0.1, 0.15) is 63.2 Å². The average Bonchev–Trinajstić information content (AvgIpc) is 2.48. The van der Waals surface area contributed by atoms with Crippen molar-refractivity contribution in [3.05, 3.63) is 35.4 Å². The maximum Gasteiger partial charge on any atom is 0.0852 e. The van der Waals surface area contributed by atoms with Crippen molar-refractivity contribution in [2.75, 3.05) is 6.61 Å². The summed E-state index contributed by atoms with van der Waals surface area (Å²) in [5.41, 5.74) is 2.67. The van der Waals surface area contributed by atoms with Gasteiger partial charge in [0.1, 0.15) is 0 Å². The van der Waals surface area contributed by atoms with E-state index < -0.39 is 0 Å². The monoisotopic (exact) mass is 276 g/mol. The van der Waals surface area contributed by atoms with Crippen molar-refractivity contribution in [1.29, 1.82) is 0 Å². The summed E-state index contributed by atoms with van der Waals surface area (Å²) in [4.78, 5) is 0. The highest BCUT2D eigenvalue weighted by Crippen LogP contribution is 2.33. The van der Waals surface area contributed by atoms with E-state index >= 15 is 0 Å². The minimum atomic E-state index is -0.247. The van der Waals surface area contributed by atoms with Crippen LogP contribution in [0.4, 0.5) is 0 Å². The van der Waals surface area contributed by atoms with Crippen molar-refractivity contribution in [2.24, 2.45) is 5.92 Å². The summed E-state index contributed by atoms with van der Waals surface area (Å²) in [6, 6.07) is 8.50. The molecule has 0 spiro atoms. The first-order chi connectivity index (χ1) is 9.76. The minimum Gasteiger partial charge on any atom is -0.393 e. The molecule has 0 saturated heterocycles. The number of ether oxygens (including phenoxy) is 1. The van der Waals surface area contributed by atoms with Gasteiger partial charge in [-0.15, -0.1) is 0 Å². The van der Waals surface area contributed by atoms with Crippen molar-refractivity contribution < 1.29 is 9.84 Å². The molecule has 2 nitrogen and oxygen atoms in total. The molecule has 3 atom stereocenters. The van der Waals surface area contributed by atoms with Crippen LogP contribution in [0.5, 0.6) is 0 Å². The predicted octanol–water partition coefficient (Wildman–Crippen LogP) is 4.27. The highest BCUT2D eigenvalue weighted by molar-refractivity contribution is 5.30. The maximum atomic E-state index is 10.5. The van der Waals surface area contributed by atoms with Gasteiger partial charge in [0, 0.05) is 6.42 Å². The molecule has 2 rings (SSSR count). The smallest absolute Gasteiger partial charge is 0.0852 e. The first kappa shape index (κ1) is 15.5. The Morgan fingerprint density at radius 2 is 2.10 bits per heavy atom. The first-order valence-electron chi connectivity index (χ1n) is 8.13. The zero-order chi connectivity index (χ0) is 14.4. The molecule has 0 amide bonds. The van der Waals surface area contributed by atoms with Gasteiger partial charge in [0.25, 0.3) is 0 Å². The van der Waals surface area contributed by atoms with Crippen LogP contribution < -0.4 is 0 Å². The van der Waals surface area contributed by atoms with Crippen molar-refractivity contribution in [1.82, 2.24) is 0 Å². The van der Waals surface area contributed by atoms with E-state index in [1.807, 2.05) is 0 Å². The summed E-state index contributed by atoms with van der Waals surface area (Å²) >= 11 is 0. The quantitative estimate of drug-likeness (QED) is 0.806. The molecule has 0 bridgehead atoms. The fraction of sp³-hybridized carbons (Fsp3) is 0.667. The second-order valence-corrected chi connectivity index (χ2v) is 5.92. The molecule has 1 aliphatic heterocycles. The van der Waals surface area contributed by atoms with E-state index in [2.05, 4.69) is 38.1 Å². The van der Waals surface area contributed by atoms with Gasteiger partial charge in [-0.3, -0.25) is 0 Å². The second kappa shape index (κ2) is 7.80. The predicted molar refractivity (Wildman–Crippen MR) is 82.8 cm³/mol. The molecular weight excluding hydrogens is 248 g/mol. The van der Waals surface area contributed by atoms with Gasteiger partial charge in [-0.05, 0) is 29.9 Å². The van der Waals surface area contributed by atoms with Crippen molar-refractivity contribution in [3.63, 3.8) is 0 Å². The third-order valence-electron chi connectivity index (χ3n) is 4.54. The van der Waals surface area contributed by atoms with Crippen molar-refractivity contribution >= 4 is 0 Å². The van der Waals surface area contributed by atoms with Gasteiger partial charge >= 0.3 is 0 Å². The van der Waals surface area contributed by atoms with E-state index in [4.69, 9.17) is 4.74 Å². The highest BCUT2D eigenvalue weighted by Gasteiger charge is 2.26. The van der Waals surface area contributed by atoms with Gasteiger partial charge in [0.05, 0.1) is 18.8 Å². The van der Waals surface area contributed by atoms with Crippen molar-refractivity contribution in [2.45, 2.75) is 64.6 Å². The summed E-state index contributed by atoms with van der Waals surface area (Å²) in [6.07, 6.45) is 6.14. The van der Waals surface area contributed by atoms with Gasteiger partial charge in [-0.25, -0.2) is 0 Å². The summed E-state index contributed by atoms with van der Waals surface area (Å²) in [5.74, 6) is 0.410. The molecule has 0 aliphatic carbocycles. The normalized spacial score (nSPS) is 21.2. The zero-order valence-corrected chi connectivity index (χ0v) is 12.8. The third kappa shape index (κ3) is 3.83. The summed E-state index contributed by atoms with van der Waals surface area (Å²) in [6.45, 7) is 5.17. The standard InChI is InChI=1S/C18H28O2/c1-3-5-8-14(4-2)17(19)13-18-16-10-7-6-9-15(16)11-12-20-18/h6-7,9-10,14,17-19H,3-5,8,11-13H2,1-2H3. The molecule has 1 heterocycles. The molecule has 0 fully saturated rings. The van der Waals surface area contributed by atoms with E-state index in [0.717, 1.165) is 32.3 Å². The molecule has 1 N–H and O–H groups in total. The van der Waals surface area contributed by atoms with Crippen LogP contribution in [0.25, 0.3) is 0 Å². The summed E-state index contributed by atoms with van der Waals surface area (Å²) < 4.78 is 5.91. The molecule has 112 valence electrons. The third-order valence-corrected chi connectivity index (χ3v) is 4.54. The van der Waals surface area contributed by atoms with Crippen LogP contribution in [-0.2, 0) is 11.2 Å². The van der Waals surface area contributed by atoms with Crippen LogP contribution in [0.15, 0.2) is 24.3 Å². The number of hydrogen-bond donors (Lipinski definition) is 1. The SMILES string of the molecule is CCCCC(CC)C(O)CC1OCCc2ccccc21. The van der Waals surface area contributed by atoms with Crippen LogP contribution in [0.3, 0.4) is 0 Å². The number of aliphatic hydroxyl groups excluding tert-OH is 1. The van der Waals surface area contributed by atoms with E-state index in [1.54, 1.807) is 0 Å². The Kier molecular flexibility index (Phi) is 6.06. The largest absolute Gasteiger partial charge is 0.393 e. The molecule has 0 radical (unpaired) electrons. The Hall–Kier alpha value is -0.860. The van der Waals surface area contributed by atoms with E-state index in [9.17, 15) is 5.11 Å². The Labute approximate surface area is 123 Å². The summed E-state index contributed by atoms with van der Waals surface area (Å²) in [5, 5.41) is 10.5. The maximum absolute atomic E-state index is 10.5. The molecule has 2 heteroatoms. The Bertz CT molecular complexity index is 402. The van der Waals surface area contributed by atoms with Crippen LogP contribution in [-0.4, -0.2) is 17.8 Å². The number of unbranched alkanes of at least 4 members (excludes halogenated alkanes) is 1. The fourth-order valence-electron chi connectivity index (χ4n) is 3.22. The van der Waals surface area contributed by atoms with Gasteiger partial charge < -0.3 is 9.84 Å². The second-order valence-electron chi connectivity index (χ2n) is 5.92. The Balaban J connectivity index is 1.99. The lowest BCUT2D eigenvalue weighted by Crippen LogP contribution is -2.26. The zero-order valence-electron chi connectivity index (χ0n) is 12.8. The van der Waals surface area contributed by atoms with Gasteiger partial charge in [0.15, 0.2) is 0 Å². The lowest BCUT2D eigenvalue weighted by Gasteiger charge is -2.30. The molecule has 1 aromatic rings. The number of fused-ring (bicyclic) bond motifs is 1. The van der Waals surface area contributed by atoms with Crippen LogP contribution >= 0.6 is 0 Å². The molecule has 1 aromatic carbocycles. The highest BCUT2D eigenvalue weighted by atomic mass is 16.5. The minimum absolute atomic E-state index is 0.0747. The molecule has 0 aromatic heterocycles. The molecule has 20 heavy (non-hydrogen) atoms. The average molecular weight is 276 g/mol. The number of benzene rings is 1. The van der Waals surface area contributed by atoms with E-state index in [1.165, 1.54) is 24.0 Å². The summed E-state index contributed by atoms with van der Waals surface area (Å²) in [7, 11) is 0. The first-order valence-corrected chi connectivity index (χ1v) is 8.13. The van der Waals surface area contributed by atoms with Crippen molar-refractivity contribution in [3.8, 4) is 0 Å². The van der Waals surface area contributed by atoms with E-state index in [-0.39, 0.29) is 12.2 Å². The molecule has 3 unspecified atom stereocenters. The molecular formula is C18H28O2. The Morgan fingerprint density at radius 3 is 2.85 bits per heavy atom. The van der Waals surface area contributed by atoms with Gasteiger partial charge in [-0.2, -0.15) is 0 Å². The van der Waals surface area contributed by atoms with Crippen LogP contribution in [0.2, 0.25) is 0 Å².